The molecule has 1 heterocycles. The molecule has 3 aromatic rings. The summed E-state index contributed by atoms with van der Waals surface area (Å²) in [6.45, 7) is 0. The van der Waals surface area contributed by atoms with Gasteiger partial charge in [-0.3, -0.25) is 10.2 Å². The van der Waals surface area contributed by atoms with Gasteiger partial charge in [0.05, 0.1) is 11.3 Å². The number of nitrogens with one attached hydrogen (secondary N) is 1. The van der Waals surface area contributed by atoms with Gasteiger partial charge < -0.3 is 0 Å². The molecule has 0 radical (unpaired) electrons. The number of hydrogen-bond acceptors (Lipinski definition) is 3. The molecule has 0 fully saturated rings. The highest BCUT2D eigenvalue weighted by atomic mass is 16.2. The van der Waals surface area contributed by atoms with Crippen LogP contribution in [-0.2, 0) is 0 Å². The Morgan fingerprint density at radius 2 is 1.61 bits per heavy atom. The molecule has 0 bridgehead atoms. The Hall–Kier alpha value is -2.92. The molecule has 0 aliphatic heterocycles. The van der Waals surface area contributed by atoms with Crippen LogP contribution in [0.4, 0.5) is 0 Å². The van der Waals surface area contributed by atoms with Crippen molar-refractivity contribution in [1.29, 1.82) is 0 Å². The summed E-state index contributed by atoms with van der Waals surface area (Å²) >= 11 is 0. The maximum Gasteiger partial charge on any atom is 0.269 e. The van der Waals surface area contributed by atoms with Crippen LogP contribution < -0.4 is 5.43 Å². The summed E-state index contributed by atoms with van der Waals surface area (Å²) in [5, 5.41) is 6.24. The number of hydrazine groups is 1. The second-order valence-electron chi connectivity index (χ2n) is 5.37. The van der Waals surface area contributed by atoms with Crippen LogP contribution >= 0.6 is 0 Å². The van der Waals surface area contributed by atoms with Crippen molar-refractivity contribution >= 4 is 5.91 Å². The van der Waals surface area contributed by atoms with Crippen molar-refractivity contribution in [1.82, 2.24) is 20.2 Å². The van der Waals surface area contributed by atoms with Crippen LogP contribution in [0.15, 0.2) is 66.9 Å². The molecule has 0 saturated heterocycles. The van der Waals surface area contributed by atoms with Crippen LogP contribution in [0, 0.1) is 0 Å². The molecule has 1 N–H and O–H groups in total. The maximum atomic E-state index is 12.5. The normalized spacial score (nSPS) is 10.7. The first kappa shape index (κ1) is 15.0. The molecule has 5 nitrogen and oxygen atoms in total. The standard InChI is InChI=1S/C18H18N4O/c1-21(2)20-18(23)16-13-22(15-11-7-4-8-12-15)19-17(16)14-9-5-3-6-10-14/h3-13H,1-2H3,(H,20,23). The first-order chi connectivity index (χ1) is 11.1. The Bertz CT molecular complexity index is 794. The van der Waals surface area contributed by atoms with Gasteiger partial charge in [-0.2, -0.15) is 5.10 Å². The predicted octanol–water partition coefficient (Wildman–Crippen LogP) is 2.75. The summed E-state index contributed by atoms with van der Waals surface area (Å²) in [7, 11) is 3.56. The molecule has 0 atom stereocenters. The van der Waals surface area contributed by atoms with Gasteiger partial charge in [0.2, 0.25) is 0 Å². The zero-order chi connectivity index (χ0) is 16.2. The highest BCUT2D eigenvalue weighted by molar-refractivity contribution is 5.99. The summed E-state index contributed by atoms with van der Waals surface area (Å²) in [5.41, 5.74) is 5.79. The molecule has 0 spiro atoms. The number of aromatic nitrogens is 2. The predicted molar refractivity (Wildman–Crippen MR) is 90.2 cm³/mol. The Morgan fingerprint density at radius 3 is 2.22 bits per heavy atom. The summed E-state index contributed by atoms with van der Waals surface area (Å²) in [5.74, 6) is -0.184. The minimum absolute atomic E-state index is 0.184. The van der Waals surface area contributed by atoms with Crippen molar-refractivity contribution in [3.05, 3.63) is 72.4 Å². The van der Waals surface area contributed by atoms with Crippen molar-refractivity contribution in [2.75, 3.05) is 14.1 Å². The van der Waals surface area contributed by atoms with E-state index in [1.807, 2.05) is 60.7 Å². The summed E-state index contributed by atoms with van der Waals surface area (Å²) in [6, 6.07) is 19.5. The van der Waals surface area contributed by atoms with E-state index in [4.69, 9.17) is 0 Å². The van der Waals surface area contributed by atoms with Crippen LogP contribution in [0.1, 0.15) is 10.4 Å². The second-order valence-corrected chi connectivity index (χ2v) is 5.37. The fraction of sp³-hybridized carbons (Fsp3) is 0.111. The van der Waals surface area contributed by atoms with Crippen LogP contribution in [0.5, 0.6) is 0 Å². The molecule has 1 aromatic heterocycles. The number of carbonyl (C=O) groups is 1. The van der Waals surface area contributed by atoms with Gasteiger partial charge in [0.1, 0.15) is 5.69 Å². The lowest BCUT2D eigenvalue weighted by Gasteiger charge is -2.11. The van der Waals surface area contributed by atoms with Gasteiger partial charge in [0.15, 0.2) is 0 Å². The fourth-order valence-corrected chi connectivity index (χ4v) is 2.33. The average molecular weight is 306 g/mol. The highest BCUT2D eigenvalue weighted by Gasteiger charge is 2.18. The SMILES string of the molecule is CN(C)NC(=O)c1cn(-c2ccccc2)nc1-c1ccccc1. The van der Waals surface area contributed by atoms with Crippen molar-refractivity contribution < 1.29 is 4.79 Å². The van der Waals surface area contributed by atoms with E-state index < -0.39 is 0 Å². The number of amides is 1. The largest absolute Gasteiger partial charge is 0.285 e. The third kappa shape index (κ3) is 3.30. The number of para-hydroxylation sites is 1. The Kier molecular flexibility index (Phi) is 4.21. The van der Waals surface area contributed by atoms with Crippen molar-refractivity contribution in [2.45, 2.75) is 0 Å². The lowest BCUT2D eigenvalue weighted by Crippen LogP contribution is -2.36. The lowest BCUT2D eigenvalue weighted by atomic mass is 10.1. The van der Waals surface area contributed by atoms with E-state index in [-0.39, 0.29) is 5.91 Å². The molecule has 116 valence electrons. The molecule has 1 amide bonds. The number of nitrogens with zero attached hydrogens (tertiary/aromatic N) is 3. The van der Waals surface area contributed by atoms with E-state index in [1.54, 1.807) is 30.0 Å². The van der Waals surface area contributed by atoms with Gasteiger partial charge in [-0.1, -0.05) is 48.5 Å². The summed E-state index contributed by atoms with van der Waals surface area (Å²) in [6.07, 6.45) is 1.76. The Labute approximate surface area is 135 Å². The molecule has 0 aliphatic rings. The Balaban J connectivity index is 2.09. The molecule has 3 rings (SSSR count). The summed E-state index contributed by atoms with van der Waals surface area (Å²) in [4.78, 5) is 12.5. The molecule has 5 heteroatoms. The van der Waals surface area contributed by atoms with E-state index in [2.05, 4.69) is 10.5 Å². The number of carbonyl (C=O) groups excluding carboxylic acids is 1. The fourth-order valence-electron chi connectivity index (χ4n) is 2.33. The van der Waals surface area contributed by atoms with Gasteiger partial charge in [-0.15, -0.1) is 0 Å². The first-order valence-electron chi connectivity index (χ1n) is 7.34. The molecule has 0 unspecified atom stereocenters. The minimum Gasteiger partial charge on any atom is -0.285 e. The molecular formula is C18H18N4O. The third-order valence-electron chi connectivity index (χ3n) is 3.35. The van der Waals surface area contributed by atoms with Gasteiger partial charge in [0, 0.05) is 25.9 Å². The van der Waals surface area contributed by atoms with Crippen LogP contribution in [0.3, 0.4) is 0 Å². The van der Waals surface area contributed by atoms with Crippen LogP contribution in [-0.4, -0.2) is 34.8 Å². The van der Waals surface area contributed by atoms with E-state index in [0.29, 0.717) is 11.3 Å². The number of hydrogen-bond donors (Lipinski definition) is 1. The van der Waals surface area contributed by atoms with Gasteiger partial charge in [-0.05, 0) is 12.1 Å². The zero-order valence-corrected chi connectivity index (χ0v) is 13.1. The van der Waals surface area contributed by atoms with Gasteiger partial charge >= 0.3 is 0 Å². The summed E-state index contributed by atoms with van der Waals surface area (Å²) < 4.78 is 1.73. The first-order valence-corrected chi connectivity index (χ1v) is 7.34. The lowest BCUT2D eigenvalue weighted by molar-refractivity contribution is 0.0857. The van der Waals surface area contributed by atoms with E-state index in [9.17, 15) is 4.79 Å². The van der Waals surface area contributed by atoms with E-state index >= 15 is 0 Å². The maximum absolute atomic E-state index is 12.5. The topological polar surface area (TPSA) is 50.2 Å². The molecule has 0 saturated carbocycles. The molecular weight excluding hydrogens is 288 g/mol. The van der Waals surface area contributed by atoms with Crippen molar-refractivity contribution in [3.63, 3.8) is 0 Å². The van der Waals surface area contributed by atoms with E-state index in [1.165, 1.54) is 0 Å². The number of benzene rings is 2. The van der Waals surface area contributed by atoms with Crippen LogP contribution in [0.25, 0.3) is 16.9 Å². The number of rotatable bonds is 4. The monoisotopic (exact) mass is 306 g/mol. The quantitative estimate of drug-likeness (QED) is 0.754. The van der Waals surface area contributed by atoms with Crippen LogP contribution in [0.2, 0.25) is 0 Å². The Morgan fingerprint density at radius 1 is 1.00 bits per heavy atom. The highest BCUT2D eigenvalue weighted by Crippen LogP contribution is 2.23. The minimum atomic E-state index is -0.184. The van der Waals surface area contributed by atoms with Crippen molar-refractivity contribution in [3.8, 4) is 16.9 Å². The van der Waals surface area contributed by atoms with E-state index in [0.717, 1.165) is 11.3 Å². The second kappa shape index (κ2) is 6.46. The van der Waals surface area contributed by atoms with Gasteiger partial charge in [-0.25, -0.2) is 9.69 Å². The zero-order valence-electron chi connectivity index (χ0n) is 13.1. The third-order valence-corrected chi connectivity index (χ3v) is 3.35. The molecule has 0 aliphatic carbocycles. The molecule has 23 heavy (non-hydrogen) atoms. The average Bonchev–Trinajstić information content (AvgIpc) is 3.01. The molecule has 2 aromatic carbocycles. The smallest absolute Gasteiger partial charge is 0.269 e. The van der Waals surface area contributed by atoms with Crippen molar-refractivity contribution in [2.24, 2.45) is 0 Å². The van der Waals surface area contributed by atoms with Gasteiger partial charge in [0.25, 0.3) is 5.91 Å².